The topological polar surface area (TPSA) is 41.5 Å². The van der Waals surface area contributed by atoms with Crippen molar-refractivity contribution in [2.45, 2.75) is 12.6 Å². The first-order chi connectivity index (χ1) is 6.40. The van der Waals surface area contributed by atoms with Gasteiger partial charge in [0.2, 0.25) is 0 Å². The van der Waals surface area contributed by atoms with Crippen molar-refractivity contribution in [3.63, 3.8) is 0 Å². The number of fused-ring (bicyclic) bond motifs is 1. The maximum absolute atomic E-state index is 8.95. The normalized spacial score (nSPS) is 21.5. The van der Waals surface area contributed by atoms with E-state index in [4.69, 9.17) is 9.84 Å². The number of benzene rings is 1. The fourth-order valence-corrected chi connectivity index (χ4v) is 1.41. The van der Waals surface area contributed by atoms with Crippen LogP contribution in [-0.4, -0.2) is 24.4 Å². The molecule has 70 valence electrons. The van der Waals surface area contributed by atoms with E-state index in [2.05, 4.69) is 5.32 Å². The molecule has 1 atom stereocenters. The first-order valence-corrected chi connectivity index (χ1v) is 4.45. The van der Waals surface area contributed by atoms with Gasteiger partial charge in [0.1, 0.15) is 12.4 Å². The number of hydrogen-bond acceptors (Lipinski definition) is 3. The van der Waals surface area contributed by atoms with Gasteiger partial charge in [-0.15, -0.1) is 0 Å². The lowest BCUT2D eigenvalue weighted by Gasteiger charge is -2.10. The predicted octanol–water partition coefficient (Wildman–Crippen LogP) is 0.530. The third kappa shape index (κ3) is 1.82. The van der Waals surface area contributed by atoms with E-state index in [1.807, 2.05) is 24.3 Å². The smallest absolute Gasteiger partial charge is 0.123 e. The van der Waals surface area contributed by atoms with Crippen molar-refractivity contribution < 1.29 is 9.84 Å². The zero-order chi connectivity index (χ0) is 9.10. The molecule has 3 heteroatoms. The van der Waals surface area contributed by atoms with Crippen LogP contribution < -0.4 is 10.1 Å². The van der Waals surface area contributed by atoms with Gasteiger partial charge in [0.05, 0.1) is 12.6 Å². The lowest BCUT2D eigenvalue weighted by Crippen LogP contribution is -2.35. The largest absolute Gasteiger partial charge is 0.492 e. The van der Waals surface area contributed by atoms with E-state index in [0.29, 0.717) is 6.61 Å². The number of ether oxygens (including phenoxy) is 1. The van der Waals surface area contributed by atoms with E-state index in [-0.39, 0.29) is 12.6 Å². The molecular formula is C10H13NO2. The molecule has 0 saturated carbocycles. The van der Waals surface area contributed by atoms with Crippen molar-refractivity contribution in [3.05, 3.63) is 29.8 Å². The quantitative estimate of drug-likeness (QED) is 0.660. The average molecular weight is 179 g/mol. The van der Waals surface area contributed by atoms with Crippen LogP contribution in [0.3, 0.4) is 0 Å². The van der Waals surface area contributed by atoms with Gasteiger partial charge in [0.25, 0.3) is 0 Å². The molecule has 1 heterocycles. The van der Waals surface area contributed by atoms with Gasteiger partial charge in [0.15, 0.2) is 0 Å². The molecule has 0 fully saturated rings. The third-order valence-electron chi connectivity index (χ3n) is 2.21. The summed E-state index contributed by atoms with van der Waals surface area (Å²) in [6, 6.07) is 7.98. The summed E-state index contributed by atoms with van der Waals surface area (Å²) < 4.78 is 5.53. The number of aliphatic hydroxyl groups excluding tert-OH is 1. The highest BCUT2D eigenvalue weighted by atomic mass is 16.5. The molecule has 1 aliphatic heterocycles. The molecule has 0 aliphatic carbocycles. The molecule has 0 radical (unpaired) electrons. The number of rotatable bonds is 1. The summed E-state index contributed by atoms with van der Waals surface area (Å²) in [6.07, 6.45) is 0. The summed E-state index contributed by atoms with van der Waals surface area (Å²) in [4.78, 5) is 0. The SMILES string of the molecule is OCC1COc2ccccc2CN1. The third-order valence-corrected chi connectivity index (χ3v) is 2.21. The molecule has 1 aromatic carbocycles. The first kappa shape index (κ1) is 8.53. The van der Waals surface area contributed by atoms with Crippen LogP contribution in [0.5, 0.6) is 5.75 Å². The van der Waals surface area contributed by atoms with E-state index in [0.717, 1.165) is 17.9 Å². The lowest BCUT2D eigenvalue weighted by atomic mass is 10.2. The highest BCUT2D eigenvalue weighted by Gasteiger charge is 2.14. The highest BCUT2D eigenvalue weighted by molar-refractivity contribution is 5.33. The molecule has 0 bridgehead atoms. The summed E-state index contributed by atoms with van der Waals surface area (Å²) in [5.74, 6) is 0.922. The number of aliphatic hydroxyl groups is 1. The minimum Gasteiger partial charge on any atom is -0.492 e. The molecular weight excluding hydrogens is 166 g/mol. The van der Waals surface area contributed by atoms with Crippen LogP contribution in [0, 0.1) is 0 Å². The molecule has 1 aromatic rings. The Balaban J connectivity index is 2.17. The summed E-state index contributed by atoms with van der Waals surface area (Å²) in [7, 11) is 0. The van der Waals surface area contributed by atoms with Crippen molar-refractivity contribution in [3.8, 4) is 5.75 Å². The number of hydrogen-bond donors (Lipinski definition) is 2. The Labute approximate surface area is 77.3 Å². The van der Waals surface area contributed by atoms with Crippen LogP contribution in [0.1, 0.15) is 5.56 Å². The fraction of sp³-hybridized carbons (Fsp3) is 0.400. The summed E-state index contributed by atoms with van der Waals surface area (Å²) in [5, 5.41) is 12.2. The van der Waals surface area contributed by atoms with Crippen molar-refractivity contribution in [2.75, 3.05) is 13.2 Å². The van der Waals surface area contributed by atoms with Crippen LogP contribution in [0.2, 0.25) is 0 Å². The van der Waals surface area contributed by atoms with Crippen LogP contribution in [0.15, 0.2) is 24.3 Å². The van der Waals surface area contributed by atoms with Gasteiger partial charge < -0.3 is 15.2 Å². The second-order valence-corrected chi connectivity index (χ2v) is 3.18. The molecule has 3 nitrogen and oxygen atoms in total. The van der Waals surface area contributed by atoms with Crippen LogP contribution >= 0.6 is 0 Å². The Bertz CT molecular complexity index is 261. The molecule has 2 N–H and O–H groups in total. The van der Waals surface area contributed by atoms with Crippen molar-refractivity contribution in [1.29, 1.82) is 0 Å². The summed E-state index contributed by atoms with van der Waals surface area (Å²) in [6.45, 7) is 1.42. The van der Waals surface area contributed by atoms with E-state index in [1.165, 1.54) is 0 Å². The molecule has 1 aliphatic rings. The van der Waals surface area contributed by atoms with E-state index in [9.17, 15) is 0 Å². The Morgan fingerprint density at radius 1 is 1.46 bits per heavy atom. The molecule has 0 aromatic heterocycles. The Kier molecular flexibility index (Phi) is 2.47. The second kappa shape index (κ2) is 3.77. The minimum absolute atomic E-state index is 0.0485. The molecule has 0 amide bonds. The Hall–Kier alpha value is -1.06. The molecule has 0 spiro atoms. The number of para-hydroxylation sites is 1. The zero-order valence-corrected chi connectivity index (χ0v) is 7.36. The molecule has 1 unspecified atom stereocenters. The maximum atomic E-state index is 8.95. The van der Waals surface area contributed by atoms with Crippen LogP contribution in [0.4, 0.5) is 0 Å². The molecule has 2 rings (SSSR count). The summed E-state index contributed by atoms with van der Waals surface area (Å²) in [5.41, 5.74) is 1.15. The Morgan fingerprint density at radius 3 is 3.15 bits per heavy atom. The predicted molar refractivity (Wildman–Crippen MR) is 49.7 cm³/mol. The molecule has 0 saturated heterocycles. The van der Waals surface area contributed by atoms with Gasteiger partial charge in [-0.3, -0.25) is 0 Å². The van der Waals surface area contributed by atoms with Gasteiger partial charge >= 0.3 is 0 Å². The monoisotopic (exact) mass is 179 g/mol. The lowest BCUT2D eigenvalue weighted by molar-refractivity contribution is 0.191. The second-order valence-electron chi connectivity index (χ2n) is 3.18. The zero-order valence-electron chi connectivity index (χ0n) is 7.36. The van der Waals surface area contributed by atoms with E-state index in [1.54, 1.807) is 0 Å². The van der Waals surface area contributed by atoms with E-state index < -0.39 is 0 Å². The summed E-state index contributed by atoms with van der Waals surface area (Å²) >= 11 is 0. The maximum Gasteiger partial charge on any atom is 0.123 e. The van der Waals surface area contributed by atoms with Crippen molar-refractivity contribution in [2.24, 2.45) is 0 Å². The van der Waals surface area contributed by atoms with Gasteiger partial charge in [-0.25, -0.2) is 0 Å². The number of nitrogens with one attached hydrogen (secondary N) is 1. The van der Waals surface area contributed by atoms with Gasteiger partial charge in [-0.1, -0.05) is 18.2 Å². The Morgan fingerprint density at radius 2 is 2.31 bits per heavy atom. The van der Waals surface area contributed by atoms with Gasteiger partial charge in [-0.05, 0) is 6.07 Å². The fourth-order valence-electron chi connectivity index (χ4n) is 1.41. The van der Waals surface area contributed by atoms with Crippen molar-refractivity contribution >= 4 is 0 Å². The average Bonchev–Trinajstić information content (AvgIpc) is 2.39. The standard InChI is InChI=1S/C10H13NO2/c12-6-9-7-13-10-4-2-1-3-8(10)5-11-9/h1-4,9,11-12H,5-7H2. The van der Waals surface area contributed by atoms with Gasteiger partial charge in [-0.2, -0.15) is 0 Å². The van der Waals surface area contributed by atoms with Crippen LogP contribution in [-0.2, 0) is 6.54 Å². The minimum atomic E-state index is 0.0485. The first-order valence-electron chi connectivity index (χ1n) is 4.45. The highest BCUT2D eigenvalue weighted by Crippen LogP contribution is 2.19. The van der Waals surface area contributed by atoms with Crippen molar-refractivity contribution in [1.82, 2.24) is 5.32 Å². The van der Waals surface area contributed by atoms with Gasteiger partial charge in [0, 0.05) is 12.1 Å². The van der Waals surface area contributed by atoms with E-state index >= 15 is 0 Å². The molecule has 13 heavy (non-hydrogen) atoms. The van der Waals surface area contributed by atoms with Crippen LogP contribution in [0.25, 0.3) is 0 Å².